The molecule has 0 radical (unpaired) electrons. The van der Waals surface area contributed by atoms with Gasteiger partial charge in [-0.15, -0.1) is 0 Å². The van der Waals surface area contributed by atoms with Crippen molar-refractivity contribution in [2.24, 2.45) is 0 Å². The lowest BCUT2D eigenvalue weighted by Crippen LogP contribution is -2.46. The summed E-state index contributed by atoms with van der Waals surface area (Å²) in [4.78, 5) is 48.0. The maximum absolute atomic E-state index is 13.1. The topological polar surface area (TPSA) is 121 Å². The Labute approximate surface area is 138 Å². The van der Waals surface area contributed by atoms with Gasteiger partial charge in [0.25, 0.3) is 11.5 Å². The van der Waals surface area contributed by atoms with Crippen molar-refractivity contribution in [2.75, 3.05) is 0 Å². The fourth-order valence-corrected chi connectivity index (χ4v) is 2.04. The van der Waals surface area contributed by atoms with E-state index in [0.717, 1.165) is 22.9 Å². The Kier molecular flexibility index (Phi) is 5.14. The predicted octanol–water partition coefficient (Wildman–Crippen LogP) is 0.212. The van der Waals surface area contributed by atoms with Gasteiger partial charge in [-0.2, -0.15) is 0 Å². The molecule has 24 heavy (non-hydrogen) atoms. The van der Waals surface area contributed by atoms with E-state index in [1.807, 2.05) is 4.98 Å². The fourth-order valence-electron chi connectivity index (χ4n) is 1.87. The van der Waals surface area contributed by atoms with E-state index in [1.165, 1.54) is 12.1 Å². The Hall–Kier alpha value is -2.94. The molecule has 10 heteroatoms. The van der Waals surface area contributed by atoms with Gasteiger partial charge in [-0.3, -0.25) is 19.1 Å². The van der Waals surface area contributed by atoms with Crippen LogP contribution in [0.15, 0.2) is 40.1 Å². The molecule has 0 spiro atoms. The second kappa shape index (κ2) is 7.09. The highest BCUT2D eigenvalue weighted by Crippen LogP contribution is 2.04. The quantitative estimate of drug-likeness (QED) is 0.708. The number of nitrogens with one attached hydrogen (secondary N) is 2. The number of halogens is 2. The summed E-state index contributed by atoms with van der Waals surface area (Å²) in [6, 6.07) is 3.18. The van der Waals surface area contributed by atoms with Crippen LogP contribution < -0.4 is 16.6 Å². The lowest BCUT2D eigenvalue weighted by Gasteiger charge is -2.16. The van der Waals surface area contributed by atoms with Gasteiger partial charge in [-0.1, -0.05) is 17.7 Å². The molecule has 126 valence electrons. The van der Waals surface area contributed by atoms with Crippen LogP contribution in [0.1, 0.15) is 10.4 Å². The minimum atomic E-state index is -1.50. The summed E-state index contributed by atoms with van der Waals surface area (Å²) in [6.07, 6.45) is 0.965. The predicted molar refractivity (Wildman–Crippen MR) is 81.6 cm³/mol. The first kappa shape index (κ1) is 17.4. The van der Waals surface area contributed by atoms with Crippen molar-refractivity contribution in [3.05, 3.63) is 67.7 Å². The van der Waals surface area contributed by atoms with E-state index in [2.05, 4.69) is 5.32 Å². The highest BCUT2D eigenvalue weighted by Gasteiger charge is 2.22. The van der Waals surface area contributed by atoms with Crippen LogP contribution in [-0.2, 0) is 11.3 Å². The minimum absolute atomic E-state index is 0.0758. The Balaban J connectivity index is 2.23. The molecule has 0 aliphatic carbocycles. The molecule has 2 aromatic rings. The number of rotatable bonds is 5. The summed E-state index contributed by atoms with van der Waals surface area (Å²) in [5.41, 5.74) is -1.77. The van der Waals surface area contributed by atoms with Gasteiger partial charge in [-0.05, 0) is 18.2 Å². The molecule has 0 saturated carbocycles. The van der Waals surface area contributed by atoms with Crippen LogP contribution in [0.3, 0.4) is 0 Å². The van der Waals surface area contributed by atoms with Crippen molar-refractivity contribution < 1.29 is 19.1 Å². The Morgan fingerprint density at radius 2 is 2.08 bits per heavy atom. The molecule has 1 unspecified atom stereocenters. The van der Waals surface area contributed by atoms with E-state index in [9.17, 15) is 28.7 Å². The zero-order valence-electron chi connectivity index (χ0n) is 12.0. The van der Waals surface area contributed by atoms with E-state index in [-0.39, 0.29) is 10.6 Å². The summed E-state index contributed by atoms with van der Waals surface area (Å²) in [5.74, 6) is -2.90. The molecule has 0 saturated heterocycles. The highest BCUT2D eigenvalue weighted by atomic mass is 35.5. The number of hydrogen-bond donors (Lipinski definition) is 3. The number of carbonyl (C=O) groups is 2. The van der Waals surface area contributed by atoms with Crippen LogP contribution in [0.2, 0.25) is 5.02 Å². The van der Waals surface area contributed by atoms with E-state index in [1.54, 1.807) is 0 Å². The minimum Gasteiger partial charge on any atom is -0.480 e. The second-order valence-electron chi connectivity index (χ2n) is 4.76. The van der Waals surface area contributed by atoms with Crippen molar-refractivity contribution in [2.45, 2.75) is 12.6 Å². The summed E-state index contributed by atoms with van der Waals surface area (Å²) in [6.45, 7) is -0.480. The Bertz CT molecular complexity index is 908. The number of aliphatic carboxylic acids is 1. The zero-order valence-corrected chi connectivity index (χ0v) is 12.7. The number of carbonyl (C=O) groups excluding carboxylic acids is 1. The molecule has 0 aliphatic heterocycles. The van der Waals surface area contributed by atoms with E-state index in [0.29, 0.717) is 0 Å². The number of hydrogen-bond acceptors (Lipinski definition) is 4. The number of carboxylic acids is 1. The number of aromatic nitrogens is 2. The van der Waals surface area contributed by atoms with Crippen molar-refractivity contribution in [3.63, 3.8) is 0 Å². The molecule has 0 aliphatic rings. The van der Waals surface area contributed by atoms with Crippen LogP contribution >= 0.6 is 11.6 Å². The second-order valence-corrected chi connectivity index (χ2v) is 5.17. The van der Waals surface area contributed by atoms with E-state index >= 15 is 0 Å². The van der Waals surface area contributed by atoms with Gasteiger partial charge in [-0.25, -0.2) is 14.0 Å². The smallest absolute Gasteiger partial charge is 0.328 e. The summed E-state index contributed by atoms with van der Waals surface area (Å²) in [7, 11) is 0. The van der Waals surface area contributed by atoms with E-state index < -0.39 is 41.5 Å². The van der Waals surface area contributed by atoms with Gasteiger partial charge in [0.2, 0.25) is 0 Å². The third kappa shape index (κ3) is 4.07. The first-order valence-corrected chi connectivity index (χ1v) is 6.94. The molecule has 1 atom stereocenters. The van der Waals surface area contributed by atoms with Crippen LogP contribution in [0.4, 0.5) is 4.39 Å². The standard InChI is InChI=1S/C14H11ClFN3O5/c15-9-5-19(14(24)18-12(9)21)6-10(13(22)23)17-11(20)7-2-1-3-8(16)4-7/h1-5,10H,6H2,(H,17,20)(H,22,23)(H,18,21,24). The Morgan fingerprint density at radius 1 is 1.38 bits per heavy atom. The van der Waals surface area contributed by atoms with Crippen molar-refractivity contribution in [3.8, 4) is 0 Å². The molecule has 1 amide bonds. The number of benzene rings is 1. The van der Waals surface area contributed by atoms with Crippen molar-refractivity contribution in [1.82, 2.24) is 14.9 Å². The van der Waals surface area contributed by atoms with Crippen molar-refractivity contribution >= 4 is 23.5 Å². The van der Waals surface area contributed by atoms with Gasteiger partial charge >= 0.3 is 11.7 Å². The normalized spacial score (nSPS) is 11.8. The molecule has 1 aromatic carbocycles. The largest absolute Gasteiger partial charge is 0.480 e. The number of aromatic amines is 1. The molecule has 2 rings (SSSR count). The van der Waals surface area contributed by atoms with Crippen LogP contribution in [0, 0.1) is 5.82 Å². The lowest BCUT2D eigenvalue weighted by molar-refractivity contribution is -0.139. The SMILES string of the molecule is O=C(NC(Cn1cc(Cl)c(=O)[nH]c1=O)C(=O)O)c1cccc(F)c1. The lowest BCUT2D eigenvalue weighted by atomic mass is 10.2. The van der Waals surface area contributed by atoms with Gasteiger partial charge in [0.15, 0.2) is 0 Å². The first-order valence-electron chi connectivity index (χ1n) is 6.56. The Morgan fingerprint density at radius 3 is 2.71 bits per heavy atom. The van der Waals surface area contributed by atoms with Crippen LogP contribution in [-0.4, -0.2) is 32.6 Å². The van der Waals surface area contributed by atoms with Gasteiger partial charge < -0.3 is 10.4 Å². The molecule has 8 nitrogen and oxygen atoms in total. The maximum Gasteiger partial charge on any atom is 0.328 e. The molecule has 0 bridgehead atoms. The molecule has 1 heterocycles. The van der Waals surface area contributed by atoms with Crippen LogP contribution in [0.5, 0.6) is 0 Å². The first-order chi connectivity index (χ1) is 11.3. The number of nitrogens with zero attached hydrogens (tertiary/aromatic N) is 1. The van der Waals surface area contributed by atoms with Crippen LogP contribution in [0.25, 0.3) is 0 Å². The highest BCUT2D eigenvalue weighted by molar-refractivity contribution is 6.30. The maximum atomic E-state index is 13.1. The zero-order chi connectivity index (χ0) is 17.9. The van der Waals surface area contributed by atoms with Gasteiger partial charge in [0, 0.05) is 11.8 Å². The van der Waals surface area contributed by atoms with Gasteiger partial charge in [0.05, 0.1) is 6.54 Å². The molecule has 1 aromatic heterocycles. The van der Waals surface area contributed by atoms with Gasteiger partial charge in [0.1, 0.15) is 16.9 Å². The van der Waals surface area contributed by atoms with Crippen molar-refractivity contribution in [1.29, 1.82) is 0 Å². The molecule has 3 N–H and O–H groups in total. The monoisotopic (exact) mass is 355 g/mol. The average molecular weight is 356 g/mol. The fraction of sp³-hybridized carbons (Fsp3) is 0.143. The van der Waals surface area contributed by atoms with E-state index in [4.69, 9.17) is 11.6 Å². The molecular formula is C14H11ClFN3O5. The summed E-state index contributed by atoms with van der Waals surface area (Å²) >= 11 is 5.59. The number of H-pyrrole nitrogens is 1. The average Bonchev–Trinajstić information content (AvgIpc) is 2.51. The molecule has 0 fully saturated rings. The third-order valence-electron chi connectivity index (χ3n) is 3.04. The summed E-state index contributed by atoms with van der Waals surface area (Å²) in [5, 5.41) is 11.1. The summed E-state index contributed by atoms with van der Waals surface area (Å²) < 4.78 is 14.0. The number of carboxylic acid groups (broad SMARTS) is 1. The molecular weight excluding hydrogens is 345 g/mol. The number of amides is 1. The third-order valence-corrected chi connectivity index (χ3v) is 3.31.